The molecule has 2 heterocycles. The number of hydrogen-bond acceptors (Lipinski definition) is 3. The highest BCUT2D eigenvalue weighted by Crippen LogP contribution is 2.28. The van der Waals surface area contributed by atoms with Gasteiger partial charge in [0.25, 0.3) is 5.91 Å². The molecule has 0 radical (unpaired) electrons. The van der Waals surface area contributed by atoms with Crippen LogP contribution in [0.4, 0.5) is 0 Å². The zero-order valence-electron chi connectivity index (χ0n) is 10.6. The number of aryl methyl sites for hydroxylation is 1. The van der Waals surface area contributed by atoms with Crippen LogP contribution < -0.4 is 10.6 Å². The van der Waals surface area contributed by atoms with E-state index in [1.807, 2.05) is 25.1 Å². The first-order chi connectivity index (χ1) is 9.15. The second kappa shape index (κ2) is 4.98. The molecule has 1 aliphatic heterocycles. The Kier molecular flexibility index (Phi) is 3.33. The van der Waals surface area contributed by atoms with Crippen molar-refractivity contribution in [1.82, 2.24) is 10.6 Å². The van der Waals surface area contributed by atoms with Gasteiger partial charge in [0.15, 0.2) is 5.76 Å². The van der Waals surface area contributed by atoms with E-state index < -0.39 is 0 Å². The van der Waals surface area contributed by atoms with Crippen LogP contribution in [0.2, 0.25) is 0 Å². The maximum absolute atomic E-state index is 12.2. The molecule has 100 valence electrons. The van der Waals surface area contributed by atoms with E-state index in [9.17, 15) is 4.79 Å². The van der Waals surface area contributed by atoms with E-state index in [1.165, 1.54) is 0 Å². The van der Waals surface area contributed by atoms with Gasteiger partial charge in [-0.15, -0.1) is 0 Å². The molecule has 1 aliphatic rings. The zero-order chi connectivity index (χ0) is 13.4. The van der Waals surface area contributed by atoms with E-state index in [4.69, 9.17) is 4.42 Å². The Morgan fingerprint density at radius 2 is 2.37 bits per heavy atom. The number of carbonyl (C=O) groups excluding carboxylic acids is 1. The van der Waals surface area contributed by atoms with Crippen molar-refractivity contribution in [2.24, 2.45) is 0 Å². The number of rotatable bonds is 2. The lowest BCUT2D eigenvalue weighted by Gasteiger charge is -2.09. The molecule has 0 spiro atoms. The minimum absolute atomic E-state index is 0.126. The molecule has 0 saturated carbocycles. The molecular weight excluding hydrogens is 308 g/mol. The van der Waals surface area contributed by atoms with Crippen molar-refractivity contribution in [3.63, 3.8) is 0 Å². The molecule has 3 rings (SSSR count). The molecule has 19 heavy (non-hydrogen) atoms. The van der Waals surface area contributed by atoms with Crippen molar-refractivity contribution >= 4 is 32.8 Å². The fourth-order valence-electron chi connectivity index (χ4n) is 2.44. The lowest BCUT2D eigenvalue weighted by molar-refractivity contribution is 0.0913. The highest BCUT2D eigenvalue weighted by Gasteiger charge is 2.22. The highest BCUT2D eigenvalue weighted by molar-refractivity contribution is 9.10. The van der Waals surface area contributed by atoms with Crippen molar-refractivity contribution in [2.45, 2.75) is 19.4 Å². The van der Waals surface area contributed by atoms with Gasteiger partial charge in [0.1, 0.15) is 5.58 Å². The molecule has 1 aromatic heterocycles. The topological polar surface area (TPSA) is 54.3 Å². The molecule has 1 amide bonds. The van der Waals surface area contributed by atoms with E-state index in [0.29, 0.717) is 5.76 Å². The monoisotopic (exact) mass is 322 g/mol. The standard InChI is InChI=1S/C14H15BrN2O2/c1-8-11-6-9(15)2-3-12(11)19-13(8)14(18)17-10-4-5-16-7-10/h2-3,6,10,16H,4-5,7H2,1H3,(H,17,18). The Balaban J connectivity index is 1.91. The number of furan rings is 1. The number of nitrogens with one attached hydrogen (secondary N) is 2. The van der Waals surface area contributed by atoms with Crippen LogP contribution in [0.1, 0.15) is 22.5 Å². The normalized spacial score (nSPS) is 18.9. The molecule has 2 N–H and O–H groups in total. The number of carbonyl (C=O) groups is 1. The molecule has 1 saturated heterocycles. The van der Waals surface area contributed by atoms with Gasteiger partial charge in [-0.25, -0.2) is 0 Å². The van der Waals surface area contributed by atoms with Gasteiger partial charge in [-0.05, 0) is 38.1 Å². The number of hydrogen-bond donors (Lipinski definition) is 2. The van der Waals surface area contributed by atoms with Crippen LogP contribution in [-0.4, -0.2) is 25.0 Å². The van der Waals surface area contributed by atoms with E-state index >= 15 is 0 Å². The first-order valence-electron chi connectivity index (χ1n) is 6.35. The molecule has 0 bridgehead atoms. The summed E-state index contributed by atoms with van der Waals surface area (Å²) in [7, 11) is 0. The Bertz CT molecular complexity index is 630. The second-order valence-electron chi connectivity index (χ2n) is 4.86. The maximum atomic E-state index is 12.2. The van der Waals surface area contributed by atoms with Crippen LogP contribution >= 0.6 is 15.9 Å². The molecule has 1 aromatic carbocycles. The van der Waals surface area contributed by atoms with E-state index in [0.717, 1.165) is 40.5 Å². The van der Waals surface area contributed by atoms with Crippen LogP contribution in [-0.2, 0) is 0 Å². The predicted octanol–water partition coefficient (Wildman–Crippen LogP) is 2.60. The van der Waals surface area contributed by atoms with Crippen LogP contribution in [0.25, 0.3) is 11.0 Å². The first kappa shape index (κ1) is 12.7. The minimum atomic E-state index is -0.126. The third-order valence-corrected chi connectivity index (χ3v) is 3.99. The molecule has 0 aliphatic carbocycles. The lowest BCUT2D eigenvalue weighted by Crippen LogP contribution is -2.36. The first-order valence-corrected chi connectivity index (χ1v) is 7.14. The highest BCUT2D eigenvalue weighted by atomic mass is 79.9. The van der Waals surface area contributed by atoms with Crippen molar-refractivity contribution in [1.29, 1.82) is 0 Å². The molecule has 4 nitrogen and oxygen atoms in total. The minimum Gasteiger partial charge on any atom is -0.451 e. The molecular formula is C14H15BrN2O2. The number of benzene rings is 1. The van der Waals surface area contributed by atoms with Gasteiger partial charge in [-0.1, -0.05) is 15.9 Å². The molecule has 1 unspecified atom stereocenters. The maximum Gasteiger partial charge on any atom is 0.287 e. The van der Waals surface area contributed by atoms with Gasteiger partial charge in [0, 0.05) is 28.0 Å². The van der Waals surface area contributed by atoms with E-state index in [2.05, 4.69) is 26.6 Å². The summed E-state index contributed by atoms with van der Waals surface area (Å²) in [6.45, 7) is 3.70. The summed E-state index contributed by atoms with van der Waals surface area (Å²) in [6.07, 6.45) is 0.969. The number of fused-ring (bicyclic) bond motifs is 1. The van der Waals surface area contributed by atoms with Crippen LogP contribution in [0.15, 0.2) is 27.1 Å². The summed E-state index contributed by atoms with van der Waals surface area (Å²) in [6, 6.07) is 5.96. The smallest absolute Gasteiger partial charge is 0.287 e. The van der Waals surface area contributed by atoms with Crippen LogP contribution in [0.3, 0.4) is 0 Å². The number of halogens is 1. The van der Waals surface area contributed by atoms with Crippen LogP contribution in [0, 0.1) is 6.92 Å². The summed E-state index contributed by atoms with van der Waals surface area (Å²) < 4.78 is 6.65. The van der Waals surface area contributed by atoms with Gasteiger partial charge in [-0.3, -0.25) is 4.79 Å². The Hall–Kier alpha value is -1.33. The van der Waals surface area contributed by atoms with E-state index in [1.54, 1.807) is 0 Å². The Morgan fingerprint density at radius 3 is 3.11 bits per heavy atom. The van der Waals surface area contributed by atoms with Gasteiger partial charge in [0.05, 0.1) is 0 Å². The predicted molar refractivity (Wildman–Crippen MR) is 77.4 cm³/mol. The van der Waals surface area contributed by atoms with Crippen molar-refractivity contribution < 1.29 is 9.21 Å². The van der Waals surface area contributed by atoms with Gasteiger partial charge in [0.2, 0.25) is 0 Å². The zero-order valence-corrected chi connectivity index (χ0v) is 12.2. The van der Waals surface area contributed by atoms with Crippen LogP contribution in [0.5, 0.6) is 0 Å². The molecule has 1 fully saturated rings. The third-order valence-electron chi connectivity index (χ3n) is 3.50. The molecule has 2 aromatic rings. The molecule has 1 atom stereocenters. The second-order valence-corrected chi connectivity index (χ2v) is 5.78. The quantitative estimate of drug-likeness (QED) is 0.893. The van der Waals surface area contributed by atoms with E-state index in [-0.39, 0.29) is 11.9 Å². The lowest BCUT2D eigenvalue weighted by atomic mass is 10.1. The summed E-state index contributed by atoms with van der Waals surface area (Å²) in [5, 5.41) is 7.21. The third kappa shape index (κ3) is 2.40. The van der Waals surface area contributed by atoms with Gasteiger partial charge < -0.3 is 15.1 Å². The number of amides is 1. The average Bonchev–Trinajstić information content (AvgIpc) is 2.98. The Labute approximate surface area is 119 Å². The van der Waals surface area contributed by atoms with Gasteiger partial charge in [-0.2, -0.15) is 0 Å². The fourth-order valence-corrected chi connectivity index (χ4v) is 2.80. The molecule has 5 heteroatoms. The van der Waals surface area contributed by atoms with Crippen molar-refractivity contribution in [3.05, 3.63) is 34.0 Å². The average molecular weight is 323 g/mol. The largest absolute Gasteiger partial charge is 0.451 e. The van der Waals surface area contributed by atoms with Crippen molar-refractivity contribution in [2.75, 3.05) is 13.1 Å². The summed E-state index contributed by atoms with van der Waals surface area (Å²) in [4.78, 5) is 12.2. The summed E-state index contributed by atoms with van der Waals surface area (Å²) in [5.74, 6) is 0.290. The summed E-state index contributed by atoms with van der Waals surface area (Å²) in [5.41, 5.74) is 1.63. The SMILES string of the molecule is Cc1c(C(=O)NC2CCNC2)oc2ccc(Br)cc12. The van der Waals surface area contributed by atoms with Gasteiger partial charge >= 0.3 is 0 Å². The fraction of sp³-hybridized carbons (Fsp3) is 0.357. The Morgan fingerprint density at radius 1 is 1.53 bits per heavy atom. The summed E-state index contributed by atoms with van der Waals surface area (Å²) >= 11 is 3.43. The van der Waals surface area contributed by atoms with Crippen molar-refractivity contribution in [3.8, 4) is 0 Å².